The van der Waals surface area contributed by atoms with Gasteiger partial charge in [0.2, 0.25) is 5.91 Å². The molecule has 0 atom stereocenters. The topological polar surface area (TPSA) is 60.5 Å². The van der Waals surface area contributed by atoms with Crippen LogP contribution in [0, 0.1) is 5.92 Å². The second kappa shape index (κ2) is 6.81. The fourth-order valence-electron chi connectivity index (χ4n) is 3.31. The molecule has 0 radical (unpaired) electrons. The van der Waals surface area contributed by atoms with Gasteiger partial charge >= 0.3 is 0 Å². The number of fused-ring (bicyclic) bond motifs is 1. The molecule has 5 nitrogen and oxygen atoms in total. The Labute approximate surface area is 145 Å². The van der Waals surface area contributed by atoms with E-state index >= 15 is 0 Å². The summed E-state index contributed by atoms with van der Waals surface area (Å²) in [4.78, 5) is 16.7. The lowest BCUT2D eigenvalue weighted by atomic mass is 10.0. The minimum absolute atomic E-state index is 0.0741. The van der Waals surface area contributed by atoms with E-state index in [9.17, 15) is 4.79 Å². The van der Waals surface area contributed by atoms with Gasteiger partial charge in [-0.25, -0.2) is 4.98 Å². The monoisotopic (exact) mass is 344 g/mol. The highest BCUT2D eigenvalue weighted by Gasteiger charge is 2.19. The molecule has 24 heavy (non-hydrogen) atoms. The van der Waals surface area contributed by atoms with Gasteiger partial charge in [0.1, 0.15) is 13.2 Å². The fourth-order valence-corrected chi connectivity index (χ4v) is 4.05. The number of carbonyl (C=O) groups is 1. The molecule has 0 bridgehead atoms. The largest absolute Gasteiger partial charge is 0.486 e. The first kappa shape index (κ1) is 15.4. The number of thiazole rings is 1. The third-order valence-corrected chi connectivity index (χ3v) is 5.30. The number of amides is 1. The molecule has 1 saturated carbocycles. The van der Waals surface area contributed by atoms with E-state index in [-0.39, 0.29) is 5.91 Å². The van der Waals surface area contributed by atoms with Gasteiger partial charge < -0.3 is 14.8 Å². The molecule has 0 spiro atoms. The number of ether oxygens (including phenoxy) is 2. The van der Waals surface area contributed by atoms with Crippen LogP contribution in [0.1, 0.15) is 32.1 Å². The Morgan fingerprint density at radius 2 is 2.00 bits per heavy atom. The fraction of sp³-hybridized carbons (Fsp3) is 0.444. The summed E-state index contributed by atoms with van der Waals surface area (Å²) in [6, 6.07) is 5.81. The van der Waals surface area contributed by atoms with Gasteiger partial charge in [0.05, 0.1) is 5.69 Å². The first-order valence-corrected chi connectivity index (χ1v) is 9.31. The van der Waals surface area contributed by atoms with E-state index in [1.165, 1.54) is 37.0 Å². The van der Waals surface area contributed by atoms with Crippen LogP contribution in [0.4, 0.5) is 5.13 Å². The van der Waals surface area contributed by atoms with E-state index in [0.29, 0.717) is 30.7 Å². The molecular weight excluding hydrogens is 324 g/mol. The van der Waals surface area contributed by atoms with E-state index in [2.05, 4.69) is 10.3 Å². The van der Waals surface area contributed by atoms with Gasteiger partial charge in [-0.15, -0.1) is 11.3 Å². The molecule has 2 heterocycles. The van der Waals surface area contributed by atoms with Crippen molar-refractivity contribution in [2.45, 2.75) is 32.1 Å². The normalized spacial score (nSPS) is 17.0. The number of nitrogens with one attached hydrogen (secondary N) is 1. The van der Waals surface area contributed by atoms with Crippen LogP contribution in [-0.4, -0.2) is 24.1 Å². The molecular formula is C18H20N2O3S. The van der Waals surface area contributed by atoms with E-state index in [0.717, 1.165) is 22.8 Å². The predicted molar refractivity (Wildman–Crippen MR) is 93.7 cm³/mol. The molecule has 1 aromatic heterocycles. The Hall–Kier alpha value is -2.08. The van der Waals surface area contributed by atoms with Gasteiger partial charge in [-0.2, -0.15) is 0 Å². The summed E-state index contributed by atoms with van der Waals surface area (Å²) >= 11 is 1.45. The third kappa shape index (κ3) is 3.38. The van der Waals surface area contributed by atoms with E-state index in [1.54, 1.807) is 0 Å². The maximum atomic E-state index is 12.1. The number of nitrogens with zero attached hydrogens (tertiary/aromatic N) is 1. The molecule has 1 amide bonds. The van der Waals surface area contributed by atoms with Crippen molar-refractivity contribution in [3.05, 3.63) is 23.6 Å². The zero-order valence-electron chi connectivity index (χ0n) is 13.4. The lowest BCUT2D eigenvalue weighted by molar-refractivity contribution is -0.117. The summed E-state index contributed by atoms with van der Waals surface area (Å²) in [7, 11) is 0. The average molecular weight is 344 g/mol. The molecule has 1 aliphatic carbocycles. The van der Waals surface area contributed by atoms with E-state index in [4.69, 9.17) is 9.47 Å². The molecule has 1 N–H and O–H groups in total. The van der Waals surface area contributed by atoms with Gasteiger partial charge in [0.15, 0.2) is 16.6 Å². The quantitative estimate of drug-likeness (QED) is 0.907. The molecule has 1 aliphatic heterocycles. The lowest BCUT2D eigenvalue weighted by Gasteiger charge is -2.18. The smallest absolute Gasteiger partial charge is 0.226 e. The third-order valence-electron chi connectivity index (χ3n) is 4.54. The predicted octanol–water partition coefficient (Wildman–Crippen LogP) is 4.10. The summed E-state index contributed by atoms with van der Waals surface area (Å²) < 4.78 is 11.1. The Bertz CT molecular complexity index is 738. The van der Waals surface area contributed by atoms with Gasteiger partial charge in [-0.05, 0) is 37.0 Å². The molecule has 1 aromatic carbocycles. The molecule has 2 aliphatic rings. The van der Waals surface area contributed by atoms with Crippen LogP contribution in [0.2, 0.25) is 0 Å². The number of aromatic nitrogens is 1. The van der Waals surface area contributed by atoms with Gasteiger partial charge in [0.25, 0.3) is 0 Å². The van der Waals surface area contributed by atoms with Crippen molar-refractivity contribution in [3.8, 4) is 22.8 Å². The maximum absolute atomic E-state index is 12.1. The number of rotatable bonds is 4. The first-order chi connectivity index (χ1) is 11.8. The highest BCUT2D eigenvalue weighted by Crippen LogP contribution is 2.35. The average Bonchev–Trinajstić information content (AvgIpc) is 3.26. The number of hydrogen-bond donors (Lipinski definition) is 1. The second-order valence-electron chi connectivity index (χ2n) is 6.30. The lowest BCUT2D eigenvalue weighted by Crippen LogP contribution is -2.15. The Morgan fingerprint density at radius 1 is 1.21 bits per heavy atom. The van der Waals surface area contributed by atoms with Crippen LogP contribution in [0.3, 0.4) is 0 Å². The summed E-state index contributed by atoms with van der Waals surface area (Å²) in [5.41, 5.74) is 1.81. The first-order valence-electron chi connectivity index (χ1n) is 8.43. The zero-order valence-corrected chi connectivity index (χ0v) is 14.2. The Morgan fingerprint density at radius 3 is 2.83 bits per heavy atom. The standard InChI is InChI=1S/C18H20N2O3S/c21-17(9-12-3-1-2-4-12)20-18-19-14(11-24-18)13-5-6-15-16(10-13)23-8-7-22-15/h5-6,10-12H,1-4,7-9H2,(H,19,20,21). The summed E-state index contributed by atoms with van der Waals surface area (Å²) in [5, 5.41) is 5.54. The summed E-state index contributed by atoms with van der Waals surface area (Å²) in [5.74, 6) is 2.14. The van der Waals surface area contributed by atoms with Gasteiger partial charge in [0, 0.05) is 17.4 Å². The van der Waals surface area contributed by atoms with E-state index < -0.39 is 0 Å². The van der Waals surface area contributed by atoms with Crippen molar-refractivity contribution in [3.63, 3.8) is 0 Å². The van der Waals surface area contributed by atoms with Crippen LogP contribution in [0.5, 0.6) is 11.5 Å². The van der Waals surface area contributed by atoms with Crippen LogP contribution < -0.4 is 14.8 Å². The van der Waals surface area contributed by atoms with Crippen molar-refractivity contribution in [1.82, 2.24) is 4.98 Å². The molecule has 0 unspecified atom stereocenters. The number of anilines is 1. The molecule has 1 fully saturated rings. The Kier molecular flexibility index (Phi) is 4.38. The van der Waals surface area contributed by atoms with Crippen LogP contribution in [0.25, 0.3) is 11.3 Å². The second-order valence-corrected chi connectivity index (χ2v) is 7.16. The molecule has 4 rings (SSSR count). The van der Waals surface area contributed by atoms with Crippen LogP contribution in [0.15, 0.2) is 23.6 Å². The number of hydrogen-bond acceptors (Lipinski definition) is 5. The van der Waals surface area contributed by atoms with Crippen molar-refractivity contribution >= 4 is 22.4 Å². The highest BCUT2D eigenvalue weighted by molar-refractivity contribution is 7.14. The number of carbonyl (C=O) groups excluding carboxylic acids is 1. The summed E-state index contributed by atoms with van der Waals surface area (Å²) in [6.07, 6.45) is 5.47. The van der Waals surface area contributed by atoms with E-state index in [1.807, 2.05) is 23.6 Å². The minimum atomic E-state index is 0.0741. The molecule has 6 heteroatoms. The van der Waals surface area contributed by atoms with Gasteiger partial charge in [-0.1, -0.05) is 12.8 Å². The SMILES string of the molecule is O=C(CC1CCCC1)Nc1nc(-c2ccc3c(c2)OCCO3)cs1. The van der Waals surface area contributed by atoms with Crippen molar-refractivity contribution in [2.24, 2.45) is 5.92 Å². The van der Waals surface area contributed by atoms with Crippen molar-refractivity contribution < 1.29 is 14.3 Å². The van der Waals surface area contributed by atoms with Crippen molar-refractivity contribution in [1.29, 1.82) is 0 Å². The zero-order chi connectivity index (χ0) is 16.4. The summed E-state index contributed by atoms with van der Waals surface area (Å²) in [6.45, 7) is 1.15. The maximum Gasteiger partial charge on any atom is 0.226 e. The van der Waals surface area contributed by atoms with Crippen LogP contribution >= 0.6 is 11.3 Å². The van der Waals surface area contributed by atoms with Crippen LogP contribution in [-0.2, 0) is 4.79 Å². The van der Waals surface area contributed by atoms with Crippen molar-refractivity contribution in [2.75, 3.05) is 18.5 Å². The molecule has 2 aromatic rings. The van der Waals surface area contributed by atoms with Gasteiger partial charge in [-0.3, -0.25) is 4.79 Å². The number of benzene rings is 1. The highest BCUT2D eigenvalue weighted by atomic mass is 32.1. The Balaban J connectivity index is 1.43. The molecule has 126 valence electrons. The minimum Gasteiger partial charge on any atom is -0.486 e. The molecule has 0 saturated heterocycles.